The van der Waals surface area contributed by atoms with E-state index in [2.05, 4.69) is 226 Å². The predicted octanol–water partition coefficient (Wildman–Crippen LogP) is 14.2. The van der Waals surface area contributed by atoms with Gasteiger partial charge in [0.05, 0.1) is 22.1 Å². The van der Waals surface area contributed by atoms with Crippen LogP contribution in [-0.4, -0.2) is 9.13 Å². The second-order valence-corrected chi connectivity index (χ2v) is 14.2. The molecular weight excluding hydrogens is 667 g/mol. The number of nitrogens with zero attached hydrogens (tertiary/aromatic N) is 3. The minimum Gasteiger partial charge on any atom is -0.310 e. The number of hydrogen-bond acceptors (Lipinski definition) is 1. The lowest BCUT2D eigenvalue weighted by Gasteiger charge is -2.25. The van der Waals surface area contributed by atoms with Gasteiger partial charge in [0.1, 0.15) is 0 Å². The molecule has 0 N–H and O–H groups in total. The monoisotopic (exact) mass is 701 g/mol. The maximum absolute atomic E-state index is 2.45. The largest absolute Gasteiger partial charge is 0.310 e. The van der Waals surface area contributed by atoms with Crippen molar-refractivity contribution in [3.8, 4) is 22.5 Å². The van der Waals surface area contributed by atoms with Crippen LogP contribution in [-0.2, 0) is 0 Å². The van der Waals surface area contributed by atoms with E-state index in [-0.39, 0.29) is 0 Å². The highest BCUT2D eigenvalue weighted by molar-refractivity contribution is 6.20. The fourth-order valence-electron chi connectivity index (χ4n) is 8.61. The van der Waals surface area contributed by atoms with E-state index >= 15 is 0 Å². The summed E-state index contributed by atoms with van der Waals surface area (Å²) in [7, 11) is 0. The Labute approximate surface area is 319 Å². The summed E-state index contributed by atoms with van der Waals surface area (Å²) in [6, 6.07) is 76.9. The molecule has 0 aliphatic carbocycles. The Morgan fingerprint density at radius 1 is 0.291 bits per heavy atom. The summed E-state index contributed by atoms with van der Waals surface area (Å²) in [4.78, 5) is 2.35. The first-order valence-corrected chi connectivity index (χ1v) is 18.9. The van der Waals surface area contributed by atoms with Gasteiger partial charge in [-0.1, -0.05) is 127 Å². The molecule has 0 aliphatic heterocycles. The zero-order valence-electron chi connectivity index (χ0n) is 30.0. The Balaban J connectivity index is 1.23. The molecule has 0 bridgehead atoms. The average Bonchev–Trinajstić information content (AvgIpc) is 3.75. The molecule has 0 atom stereocenters. The van der Waals surface area contributed by atoms with Crippen molar-refractivity contribution < 1.29 is 0 Å². The van der Waals surface area contributed by atoms with Crippen LogP contribution >= 0.6 is 0 Å². The van der Waals surface area contributed by atoms with Crippen LogP contribution in [0.15, 0.2) is 212 Å². The third-order valence-corrected chi connectivity index (χ3v) is 11.1. The first-order valence-electron chi connectivity index (χ1n) is 18.9. The molecule has 0 spiro atoms. The summed E-state index contributed by atoms with van der Waals surface area (Å²) < 4.78 is 4.88. The van der Waals surface area contributed by atoms with E-state index in [0.717, 1.165) is 28.4 Å². The van der Waals surface area contributed by atoms with Gasteiger partial charge in [-0.15, -0.1) is 0 Å². The SMILES string of the molecule is c1ccc(N(c2ccccc2)c2ccc3c(c2)c2cc4c(cc2n3-c2ccccc2)c2ccc(-c3cccc5ccccc35)cc2n4-c2ccccc2)cc1. The van der Waals surface area contributed by atoms with Crippen molar-refractivity contribution in [1.29, 1.82) is 0 Å². The smallest absolute Gasteiger partial charge is 0.0548 e. The van der Waals surface area contributed by atoms with Crippen LogP contribution in [0.5, 0.6) is 0 Å². The molecular formula is C52H35N3. The quantitative estimate of drug-likeness (QED) is 0.168. The van der Waals surface area contributed by atoms with Gasteiger partial charge in [0.25, 0.3) is 0 Å². The Hall–Kier alpha value is -7.36. The molecule has 3 nitrogen and oxygen atoms in total. The van der Waals surface area contributed by atoms with E-state index in [1.807, 2.05) is 0 Å². The Kier molecular flexibility index (Phi) is 7.17. The summed E-state index contributed by atoms with van der Waals surface area (Å²) in [5, 5.41) is 7.38. The lowest BCUT2D eigenvalue weighted by atomic mass is 9.97. The van der Waals surface area contributed by atoms with Gasteiger partial charge in [-0.25, -0.2) is 0 Å². The van der Waals surface area contributed by atoms with E-state index in [9.17, 15) is 0 Å². The number of hydrogen-bond donors (Lipinski definition) is 0. The summed E-state index contributed by atoms with van der Waals surface area (Å²) in [6.07, 6.45) is 0. The summed E-state index contributed by atoms with van der Waals surface area (Å²) in [5.74, 6) is 0. The molecule has 9 aromatic carbocycles. The normalized spacial score (nSPS) is 11.6. The highest BCUT2D eigenvalue weighted by Crippen LogP contribution is 2.43. The topological polar surface area (TPSA) is 13.1 Å². The number of anilines is 3. The number of aromatic nitrogens is 2. The molecule has 0 saturated carbocycles. The Morgan fingerprint density at radius 3 is 1.45 bits per heavy atom. The molecule has 0 saturated heterocycles. The van der Waals surface area contributed by atoms with Crippen molar-refractivity contribution in [3.05, 3.63) is 212 Å². The molecule has 0 unspecified atom stereocenters. The first-order chi connectivity index (χ1) is 27.3. The molecule has 55 heavy (non-hydrogen) atoms. The third kappa shape index (κ3) is 5.05. The van der Waals surface area contributed by atoms with Crippen LogP contribution in [0.3, 0.4) is 0 Å². The molecule has 258 valence electrons. The van der Waals surface area contributed by atoms with Gasteiger partial charge in [-0.3, -0.25) is 0 Å². The number of benzene rings is 9. The molecule has 2 aromatic heterocycles. The third-order valence-electron chi connectivity index (χ3n) is 11.1. The van der Waals surface area contributed by atoms with Gasteiger partial charge in [-0.2, -0.15) is 0 Å². The minimum absolute atomic E-state index is 1.11. The van der Waals surface area contributed by atoms with Crippen molar-refractivity contribution in [1.82, 2.24) is 9.13 Å². The van der Waals surface area contributed by atoms with Crippen molar-refractivity contribution in [2.24, 2.45) is 0 Å². The maximum atomic E-state index is 2.45. The number of para-hydroxylation sites is 4. The van der Waals surface area contributed by atoms with Crippen LogP contribution in [0, 0.1) is 0 Å². The fraction of sp³-hybridized carbons (Fsp3) is 0. The standard InChI is InChI=1S/C52H35N3/c1-5-18-38(19-6-1)53(39-20-7-2-8-21-39)42-29-31-49-46(33-42)48-35-51-47(34-52(48)54(49)40-22-9-3-10-23-40)45-30-28-37(32-50(45)55(51)41-24-11-4-12-25-41)44-27-15-17-36-16-13-14-26-43(36)44/h1-35H. The molecule has 0 fully saturated rings. The number of rotatable bonds is 6. The van der Waals surface area contributed by atoms with Crippen molar-refractivity contribution >= 4 is 71.4 Å². The average molecular weight is 702 g/mol. The van der Waals surface area contributed by atoms with Crippen LogP contribution in [0.4, 0.5) is 17.1 Å². The lowest BCUT2D eigenvalue weighted by Crippen LogP contribution is -2.09. The highest BCUT2D eigenvalue weighted by Gasteiger charge is 2.21. The van der Waals surface area contributed by atoms with Crippen molar-refractivity contribution in [2.45, 2.75) is 0 Å². The van der Waals surface area contributed by atoms with Crippen LogP contribution in [0.1, 0.15) is 0 Å². The first kappa shape index (κ1) is 31.2. The van der Waals surface area contributed by atoms with E-state index in [1.165, 1.54) is 65.5 Å². The summed E-state index contributed by atoms with van der Waals surface area (Å²) in [6.45, 7) is 0. The molecule has 0 amide bonds. The van der Waals surface area contributed by atoms with Crippen molar-refractivity contribution in [2.75, 3.05) is 4.90 Å². The predicted molar refractivity (Wildman–Crippen MR) is 233 cm³/mol. The minimum atomic E-state index is 1.11. The molecule has 0 radical (unpaired) electrons. The summed E-state index contributed by atoms with van der Waals surface area (Å²) in [5.41, 5.74) is 12.8. The van der Waals surface area contributed by atoms with Crippen molar-refractivity contribution in [3.63, 3.8) is 0 Å². The zero-order valence-corrected chi connectivity index (χ0v) is 30.0. The van der Waals surface area contributed by atoms with Gasteiger partial charge < -0.3 is 14.0 Å². The van der Waals surface area contributed by atoms with E-state index in [0.29, 0.717) is 0 Å². The molecule has 2 heterocycles. The van der Waals surface area contributed by atoms with Gasteiger partial charge in [-0.05, 0) is 107 Å². The van der Waals surface area contributed by atoms with Crippen LogP contribution < -0.4 is 4.90 Å². The van der Waals surface area contributed by atoms with E-state index < -0.39 is 0 Å². The molecule has 11 aromatic rings. The second-order valence-electron chi connectivity index (χ2n) is 14.2. The maximum Gasteiger partial charge on any atom is 0.0548 e. The van der Waals surface area contributed by atoms with Gasteiger partial charge in [0, 0.05) is 50.0 Å². The van der Waals surface area contributed by atoms with Gasteiger partial charge in [0.15, 0.2) is 0 Å². The van der Waals surface area contributed by atoms with Gasteiger partial charge >= 0.3 is 0 Å². The second kappa shape index (κ2) is 12.6. The highest BCUT2D eigenvalue weighted by atomic mass is 15.1. The zero-order chi connectivity index (χ0) is 36.3. The molecule has 3 heteroatoms. The Morgan fingerprint density at radius 2 is 0.800 bits per heavy atom. The van der Waals surface area contributed by atoms with E-state index in [4.69, 9.17) is 0 Å². The van der Waals surface area contributed by atoms with Crippen LogP contribution in [0.2, 0.25) is 0 Å². The Bertz CT molecular complexity index is 3130. The lowest BCUT2D eigenvalue weighted by molar-refractivity contribution is 1.17. The molecule has 11 rings (SSSR count). The van der Waals surface area contributed by atoms with Crippen LogP contribution in [0.25, 0.3) is 76.9 Å². The summed E-state index contributed by atoms with van der Waals surface area (Å²) >= 11 is 0. The number of fused-ring (bicyclic) bond motifs is 7. The van der Waals surface area contributed by atoms with E-state index in [1.54, 1.807) is 0 Å². The van der Waals surface area contributed by atoms with Gasteiger partial charge in [0.2, 0.25) is 0 Å². The molecule has 0 aliphatic rings. The fourth-order valence-corrected chi connectivity index (χ4v) is 8.61.